The Kier molecular flexibility index (Phi) is 5.33. The number of hydrogen-bond acceptors (Lipinski definition) is 3. The monoisotopic (exact) mass is 236 g/mol. The van der Waals surface area contributed by atoms with Crippen molar-refractivity contribution < 1.29 is 9.94 Å². The summed E-state index contributed by atoms with van der Waals surface area (Å²) in [5, 5.41) is 11.4. The second kappa shape index (κ2) is 6.78. The van der Waals surface area contributed by atoms with E-state index in [1.165, 1.54) is 5.56 Å². The molecule has 17 heavy (non-hydrogen) atoms. The molecule has 0 saturated heterocycles. The number of nitrogens with two attached hydrogens (primary N) is 1. The Balaban J connectivity index is 2.51. The summed E-state index contributed by atoms with van der Waals surface area (Å²) in [5.74, 6) is 0.989. The van der Waals surface area contributed by atoms with Gasteiger partial charge in [-0.1, -0.05) is 30.6 Å². The summed E-state index contributed by atoms with van der Waals surface area (Å²) in [4.78, 5) is 0. The highest BCUT2D eigenvalue weighted by atomic mass is 16.5. The molecule has 0 heterocycles. The van der Waals surface area contributed by atoms with Crippen molar-refractivity contribution in [3.05, 3.63) is 29.8 Å². The molecule has 0 saturated carbocycles. The van der Waals surface area contributed by atoms with Crippen molar-refractivity contribution >= 4 is 5.84 Å². The van der Waals surface area contributed by atoms with Gasteiger partial charge >= 0.3 is 0 Å². The van der Waals surface area contributed by atoms with Crippen LogP contribution in [0.5, 0.6) is 5.75 Å². The number of aryl methyl sites for hydroxylation is 1. The highest BCUT2D eigenvalue weighted by molar-refractivity contribution is 5.80. The van der Waals surface area contributed by atoms with Gasteiger partial charge in [0.2, 0.25) is 0 Å². The predicted molar refractivity (Wildman–Crippen MR) is 68.6 cm³/mol. The lowest BCUT2D eigenvalue weighted by atomic mass is 10.1. The van der Waals surface area contributed by atoms with Crippen molar-refractivity contribution in [1.29, 1.82) is 0 Å². The third-order valence-electron chi connectivity index (χ3n) is 2.42. The van der Waals surface area contributed by atoms with E-state index in [0.29, 0.717) is 6.42 Å². The van der Waals surface area contributed by atoms with Crippen LogP contribution in [0.3, 0.4) is 0 Å². The SMILES string of the molecule is CCCc1ccc(OC(C)CC(N)=NO)cc1. The quantitative estimate of drug-likeness (QED) is 0.345. The van der Waals surface area contributed by atoms with Crippen LogP contribution in [0, 0.1) is 0 Å². The largest absolute Gasteiger partial charge is 0.490 e. The molecule has 94 valence electrons. The minimum absolute atomic E-state index is 0.108. The average molecular weight is 236 g/mol. The van der Waals surface area contributed by atoms with E-state index >= 15 is 0 Å². The number of oxime groups is 1. The zero-order chi connectivity index (χ0) is 12.7. The van der Waals surface area contributed by atoms with Crippen LogP contribution in [0.1, 0.15) is 32.3 Å². The summed E-state index contributed by atoms with van der Waals surface area (Å²) < 4.78 is 5.65. The summed E-state index contributed by atoms with van der Waals surface area (Å²) in [7, 11) is 0. The fraction of sp³-hybridized carbons (Fsp3) is 0.462. The third kappa shape index (κ3) is 4.76. The van der Waals surface area contributed by atoms with Crippen LogP contribution >= 0.6 is 0 Å². The fourth-order valence-electron chi connectivity index (χ4n) is 1.63. The number of ether oxygens (including phenoxy) is 1. The molecule has 0 radical (unpaired) electrons. The Hall–Kier alpha value is -1.71. The number of amidine groups is 1. The highest BCUT2D eigenvalue weighted by Gasteiger charge is 2.06. The lowest BCUT2D eigenvalue weighted by Gasteiger charge is -2.14. The first-order chi connectivity index (χ1) is 8.15. The molecule has 4 heteroatoms. The van der Waals surface area contributed by atoms with Gasteiger partial charge in [-0.15, -0.1) is 0 Å². The first kappa shape index (κ1) is 13.4. The van der Waals surface area contributed by atoms with Gasteiger partial charge in [0.25, 0.3) is 0 Å². The van der Waals surface area contributed by atoms with E-state index in [1.807, 2.05) is 19.1 Å². The van der Waals surface area contributed by atoms with Gasteiger partial charge in [0.1, 0.15) is 17.7 Å². The van der Waals surface area contributed by atoms with Gasteiger partial charge in [0.15, 0.2) is 0 Å². The van der Waals surface area contributed by atoms with Gasteiger partial charge in [-0.2, -0.15) is 0 Å². The maximum absolute atomic E-state index is 8.45. The fourth-order valence-corrected chi connectivity index (χ4v) is 1.63. The van der Waals surface area contributed by atoms with Gasteiger partial charge in [-0.25, -0.2) is 0 Å². The number of rotatable bonds is 6. The minimum Gasteiger partial charge on any atom is -0.490 e. The van der Waals surface area contributed by atoms with E-state index < -0.39 is 0 Å². The van der Waals surface area contributed by atoms with E-state index in [1.54, 1.807) is 0 Å². The lowest BCUT2D eigenvalue weighted by molar-refractivity contribution is 0.226. The first-order valence-corrected chi connectivity index (χ1v) is 5.87. The molecule has 0 bridgehead atoms. The summed E-state index contributed by atoms with van der Waals surface area (Å²) in [6, 6.07) is 8.03. The topological polar surface area (TPSA) is 67.8 Å². The number of hydrogen-bond donors (Lipinski definition) is 2. The Morgan fingerprint density at radius 3 is 2.59 bits per heavy atom. The average Bonchev–Trinajstić information content (AvgIpc) is 2.31. The first-order valence-electron chi connectivity index (χ1n) is 5.87. The van der Waals surface area contributed by atoms with Crippen molar-refractivity contribution in [2.45, 2.75) is 39.2 Å². The van der Waals surface area contributed by atoms with E-state index in [9.17, 15) is 0 Å². The summed E-state index contributed by atoms with van der Waals surface area (Å²) in [6.45, 7) is 4.04. The molecule has 3 N–H and O–H groups in total. The van der Waals surface area contributed by atoms with Crippen LogP contribution in [0.25, 0.3) is 0 Å². The lowest BCUT2D eigenvalue weighted by Crippen LogP contribution is -2.22. The molecule has 1 atom stereocenters. The zero-order valence-corrected chi connectivity index (χ0v) is 10.4. The van der Waals surface area contributed by atoms with Crippen molar-refractivity contribution in [3.63, 3.8) is 0 Å². The van der Waals surface area contributed by atoms with E-state index in [2.05, 4.69) is 24.2 Å². The molecule has 0 spiro atoms. The van der Waals surface area contributed by atoms with Gasteiger partial charge in [-0.05, 0) is 31.0 Å². The summed E-state index contributed by atoms with van der Waals surface area (Å²) in [6.07, 6.45) is 2.52. The van der Waals surface area contributed by atoms with E-state index in [0.717, 1.165) is 18.6 Å². The molecule has 0 aliphatic heterocycles. The summed E-state index contributed by atoms with van der Waals surface area (Å²) in [5.41, 5.74) is 6.72. The van der Waals surface area contributed by atoms with Crippen molar-refractivity contribution in [1.82, 2.24) is 0 Å². The maximum atomic E-state index is 8.45. The van der Waals surface area contributed by atoms with Crippen molar-refractivity contribution in [2.24, 2.45) is 10.9 Å². The van der Waals surface area contributed by atoms with E-state index in [-0.39, 0.29) is 11.9 Å². The van der Waals surface area contributed by atoms with Gasteiger partial charge in [0, 0.05) is 6.42 Å². The van der Waals surface area contributed by atoms with Gasteiger partial charge < -0.3 is 15.7 Å². The molecule has 1 aromatic rings. The molecule has 0 aliphatic rings. The summed E-state index contributed by atoms with van der Waals surface area (Å²) >= 11 is 0. The smallest absolute Gasteiger partial charge is 0.142 e. The van der Waals surface area contributed by atoms with E-state index in [4.69, 9.17) is 15.7 Å². The molecule has 1 unspecified atom stereocenters. The Morgan fingerprint density at radius 2 is 2.06 bits per heavy atom. The van der Waals surface area contributed by atoms with Gasteiger partial charge in [0.05, 0.1) is 0 Å². The Morgan fingerprint density at radius 1 is 1.41 bits per heavy atom. The molecule has 0 amide bonds. The molecule has 1 rings (SSSR count). The third-order valence-corrected chi connectivity index (χ3v) is 2.42. The number of benzene rings is 1. The Labute approximate surface area is 102 Å². The highest BCUT2D eigenvalue weighted by Crippen LogP contribution is 2.15. The van der Waals surface area contributed by atoms with Crippen LogP contribution < -0.4 is 10.5 Å². The van der Waals surface area contributed by atoms with Crippen molar-refractivity contribution in [3.8, 4) is 5.75 Å². The van der Waals surface area contributed by atoms with Crippen LogP contribution in [-0.2, 0) is 6.42 Å². The second-order valence-electron chi connectivity index (χ2n) is 4.12. The predicted octanol–water partition coefficient (Wildman–Crippen LogP) is 2.54. The normalized spacial score (nSPS) is 13.4. The number of nitrogens with zero attached hydrogens (tertiary/aromatic N) is 1. The van der Waals surface area contributed by atoms with Crippen LogP contribution in [-0.4, -0.2) is 17.1 Å². The van der Waals surface area contributed by atoms with Crippen LogP contribution in [0.2, 0.25) is 0 Å². The molecule has 0 fully saturated rings. The van der Waals surface area contributed by atoms with Gasteiger partial charge in [-0.3, -0.25) is 0 Å². The zero-order valence-electron chi connectivity index (χ0n) is 10.4. The Bertz CT molecular complexity index is 360. The van der Waals surface area contributed by atoms with Crippen molar-refractivity contribution in [2.75, 3.05) is 0 Å². The second-order valence-corrected chi connectivity index (χ2v) is 4.12. The maximum Gasteiger partial charge on any atom is 0.142 e. The molecule has 0 aromatic heterocycles. The van der Waals surface area contributed by atoms with Crippen LogP contribution in [0.15, 0.2) is 29.4 Å². The molecular weight excluding hydrogens is 216 g/mol. The molecule has 4 nitrogen and oxygen atoms in total. The molecule has 0 aliphatic carbocycles. The minimum atomic E-state index is -0.108. The van der Waals surface area contributed by atoms with Crippen LogP contribution in [0.4, 0.5) is 0 Å². The standard InChI is InChI=1S/C13H20N2O2/c1-3-4-11-5-7-12(8-6-11)17-10(2)9-13(14)15-16/h5-8,10,16H,3-4,9H2,1-2H3,(H2,14,15). The molecular formula is C13H20N2O2. The molecule has 1 aromatic carbocycles.